The summed E-state index contributed by atoms with van der Waals surface area (Å²) in [7, 11) is -3.15. The van der Waals surface area contributed by atoms with E-state index in [2.05, 4.69) is 0 Å². The number of nitrogen functional groups attached to an aromatic ring is 1. The summed E-state index contributed by atoms with van der Waals surface area (Å²) in [4.78, 5) is 24.2. The van der Waals surface area contributed by atoms with E-state index in [-0.39, 0.29) is 23.7 Å². The number of rotatable bonds is 4. The summed E-state index contributed by atoms with van der Waals surface area (Å²) in [5.74, 6) is -0.143. The molecule has 0 saturated heterocycles. The third-order valence-corrected chi connectivity index (χ3v) is 3.81. The van der Waals surface area contributed by atoms with E-state index < -0.39 is 21.1 Å². The van der Waals surface area contributed by atoms with Gasteiger partial charge in [0.2, 0.25) is 0 Å². The summed E-state index contributed by atoms with van der Waals surface area (Å²) in [5, 5.41) is 0. The lowest BCUT2D eigenvalue weighted by Crippen LogP contribution is -2.32. The highest BCUT2D eigenvalue weighted by Gasteiger charge is 2.09. The first kappa shape index (κ1) is 12.5. The molecule has 3 N–H and O–H groups in total. The van der Waals surface area contributed by atoms with Gasteiger partial charge >= 0.3 is 5.69 Å². The van der Waals surface area contributed by atoms with E-state index in [1.165, 1.54) is 6.92 Å². The van der Waals surface area contributed by atoms with Crippen molar-refractivity contribution in [3.63, 3.8) is 0 Å². The van der Waals surface area contributed by atoms with Crippen molar-refractivity contribution >= 4 is 15.5 Å². The minimum Gasteiger partial charge on any atom is -0.393 e. The molecule has 1 rings (SSSR count). The molecule has 0 aliphatic carbocycles. The van der Waals surface area contributed by atoms with E-state index in [9.17, 15) is 18.0 Å². The SMILES string of the molecule is CCS(=O)(=O)CCn1cc(N)c(=O)[nH]c1=O. The predicted octanol–water partition coefficient (Wildman–Crippen LogP) is -1.45. The molecule has 1 heterocycles. The second-order valence-electron chi connectivity index (χ2n) is 3.27. The Kier molecular flexibility index (Phi) is 3.53. The van der Waals surface area contributed by atoms with Crippen LogP contribution in [0.3, 0.4) is 0 Å². The minimum absolute atomic E-state index is 0.0145. The molecule has 1 aromatic rings. The van der Waals surface area contributed by atoms with Crippen LogP contribution in [0.2, 0.25) is 0 Å². The number of aromatic amines is 1. The zero-order valence-corrected chi connectivity index (χ0v) is 9.58. The minimum atomic E-state index is -3.15. The first-order chi connectivity index (χ1) is 7.35. The molecule has 0 amide bonds. The Hall–Kier alpha value is -1.57. The Morgan fingerprint density at radius 2 is 2.06 bits per heavy atom. The highest BCUT2D eigenvalue weighted by atomic mass is 32.2. The number of sulfone groups is 1. The Morgan fingerprint density at radius 3 is 2.62 bits per heavy atom. The first-order valence-electron chi connectivity index (χ1n) is 4.65. The van der Waals surface area contributed by atoms with Gasteiger partial charge in [-0.3, -0.25) is 14.3 Å². The number of aryl methyl sites for hydroxylation is 1. The summed E-state index contributed by atoms with van der Waals surface area (Å²) in [6, 6.07) is 0. The van der Waals surface area contributed by atoms with Crippen molar-refractivity contribution < 1.29 is 8.42 Å². The maximum Gasteiger partial charge on any atom is 0.328 e. The topological polar surface area (TPSA) is 115 Å². The fraction of sp³-hybridized carbons (Fsp3) is 0.500. The van der Waals surface area contributed by atoms with Crippen LogP contribution in [0.15, 0.2) is 15.8 Å². The van der Waals surface area contributed by atoms with E-state index in [0.717, 1.165) is 10.8 Å². The van der Waals surface area contributed by atoms with Crippen molar-refractivity contribution in [2.75, 3.05) is 17.2 Å². The summed E-state index contributed by atoms with van der Waals surface area (Å²) in [5.41, 5.74) is 3.86. The molecule has 0 aliphatic rings. The zero-order chi connectivity index (χ0) is 12.3. The molecule has 0 fully saturated rings. The Balaban J connectivity index is 2.96. The largest absolute Gasteiger partial charge is 0.393 e. The van der Waals surface area contributed by atoms with Gasteiger partial charge in [-0.15, -0.1) is 0 Å². The smallest absolute Gasteiger partial charge is 0.328 e. The van der Waals surface area contributed by atoms with Gasteiger partial charge < -0.3 is 5.73 Å². The molecule has 90 valence electrons. The molecule has 0 unspecified atom stereocenters. The second-order valence-corrected chi connectivity index (χ2v) is 5.75. The third kappa shape index (κ3) is 2.96. The van der Waals surface area contributed by atoms with E-state index in [1.807, 2.05) is 4.98 Å². The molecule has 0 aromatic carbocycles. The van der Waals surface area contributed by atoms with E-state index in [0.29, 0.717) is 0 Å². The lowest BCUT2D eigenvalue weighted by molar-refractivity contribution is 0.586. The standard InChI is InChI=1S/C8H13N3O4S/c1-2-16(14,15)4-3-11-5-6(9)7(12)10-8(11)13/h5H,2-4,9H2,1H3,(H,10,12,13). The summed E-state index contributed by atoms with van der Waals surface area (Å²) < 4.78 is 23.5. The highest BCUT2D eigenvalue weighted by molar-refractivity contribution is 7.91. The van der Waals surface area contributed by atoms with Gasteiger partial charge in [-0.2, -0.15) is 0 Å². The van der Waals surface area contributed by atoms with Crippen molar-refractivity contribution in [2.45, 2.75) is 13.5 Å². The van der Waals surface area contributed by atoms with Crippen LogP contribution in [-0.4, -0.2) is 29.5 Å². The van der Waals surface area contributed by atoms with Crippen LogP contribution in [0.5, 0.6) is 0 Å². The quantitative estimate of drug-likeness (QED) is 0.675. The van der Waals surface area contributed by atoms with Crippen LogP contribution in [0, 0.1) is 0 Å². The van der Waals surface area contributed by atoms with Gasteiger partial charge in [-0.05, 0) is 0 Å². The Bertz CT molecular complexity index is 584. The van der Waals surface area contributed by atoms with Crippen LogP contribution < -0.4 is 17.0 Å². The van der Waals surface area contributed by atoms with E-state index in [1.54, 1.807) is 0 Å². The second kappa shape index (κ2) is 4.52. The lowest BCUT2D eigenvalue weighted by Gasteiger charge is -2.05. The van der Waals surface area contributed by atoms with Crippen molar-refractivity contribution in [2.24, 2.45) is 0 Å². The normalized spacial score (nSPS) is 11.6. The van der Waals surface area contributed by atoms with Crippen LogP contribution in [0.1, 0.15) is 6.92 Å². The highest BCUT2D eigenvalue weighted by Crippen LogP contribution is 1.93. The number of aromatic nitrogens is 2. The molecule has 16 heavy (non-hydrogen) atoms. The summed E-state index contributed by atoms with van der Waals surface area (Å²) in [6.07, 6.45) is 1.15. The van der Waals surface area contributed by atoms with Gasteiger partial charge in [-0.25, -0.2) is 13.2 Å². The monoisotopic (exact) mass is 247 g/mol. The lowest BCUT2D eigenvalue weighted by atomic mass is 10.5. The predicted molar refractivity (Wildman–Crippen MR) is 60.1 cm³/mol. The number of anilines is 1. The Morgan fingerprint density at radius 1 is 1.44 bits per heavy atom. The number of nitrogens with two attached hydrogens (primary N) is 1. The molecule has 0 radical (unpaired) electrons. The maximum atomic E-state index is 11.3. The number of nitrogens with zero attached hydrogens (tertiary/aromatic N) is 1. The molecule has 8 heteroatoms. The first-order valence-corrected chi connectivity index (χ1v) is 6.47. The van der Waals surface area contributed by atoms with Gasteiger partial charge in [0.25, 0.3) is 5.56 Å². The number of nitrogens with one attached hydrogen (secondary N) is 1. The van der Waals surface area contributed by atoms with Crippen molar-refractivity contribution in [1.82, 2.24) is 9.55 Å². The average molecular weight is 247 g/mol. The molecule has 1 aromatic heterocycles. The van der Waals surface area contributed by atoms with Gasteiger partial charge in [0.1, 0.15) is 5.69 Å². The van der Waals surface area contributed by atoms with Crippen LogP contribution in [0.4, 0.5) is 5.69 Å². The molecule has 0 bridgehead atoms. The van der Waals surface area contributed by atoms with E-state index >= 15 is 0 Å². The summed E-state index contributed by atoms with van der Waals surface area (Å²) in [6.45, 7) is 1.51. The average Bonchev–Trinajstić information content (AvgIpc) is 2.22. The van der Waals surface area contributed by atoms with Crippen LogP contribution >= 0.6 is 0 Å². The molecule has 7 nitrogen and oxygen atoms in total. The van der Waals surface area contributed by atoms with Gasteiger partial charge in [-0.1, -0.05) is 6.92 Å². The van der Waals surface area contributed by atoms with Crippen LogP contribution in [-0.2, 0) is 16.4 Å². The van der Waals surface area contributed by atoms with Gasteiger partial charge in [0.15, 0.2) is 9.84 Å². The molecule has 0 saturated carbocycles. The zero-order valence-electron chi connectivity index (χ0n) is 8.76. The van der Waals surface area contributed by atoms with Gasteiger partial charge in [0, 0.05) is 18.5 Å². The molecular weight excluding hydrogens is 234 g/mol. The van der Waals surface area contributed by atoms with Crippen LogP contribution in [0.25, 0.3) is 0 Å². The van der Waals surface area contributed by atoms with E-state index in [4.69, 9.17) is 5.73 Å². The van der Waals surface area contributed by atoms with Crippen molar-refractivity contribution in [3.05, 3.63) is 27.0 Å². The fourth-order valence-corrected chi connectivity index (χ4v) is 1.84. The fourth-order valence-electron chi connectivity index (χ4n) is 1.07. The maximum absolute atomic E-state index is 11.3. The third-order valence-electron chi connectivity index (χ3n) is 2.12. The van der Waals surface area contributed by atoms with Gasteiger partial charge in [0.05, 0.1) is 5.75 Å². The number of H-pyrrole nitrogens is 1. The molecule has 0 spiro atoms. The molecule has 0 aliphatic heterocycles. The molecular formula is C8H13N3O4S. The number of hydrogen-bond acceptors (Lipinski definition) is 5. The number of hydrogen-bond donors (Lipinski definition) is 2. The van der Waals surface area contributed by atoms with Crippen molar-refractivity contribution in [1.29, 1.82) is 0 Å². The summed E-state index contributed by atoms with van der Waals surface area (Å²) >= 11 is 0. The van der Waals surface area contributed by atoms with Crippen molar-refractivity contribution in [3.8, 4) is 0 Å². The molecule has 0 atom stereocenters. The Labute approximate surface area is 91.8 Å².